The van der Waals surface area contributed by atoms with Gasteiger partial charge in [-0.05, 0) is 12.8 Å². The summed E-state index contributed by atoms with van der Waals surface area (Å²) in [6, 6.07) is 0. The van der Waals surface area contributed by atoms with E-state index in [-0.39, 0.29) is 52.8 Å². The Morgan fingerprint density at radius 2 is 1.08 bits per heavy atom. The van der Waals surface area contributed by atoms with Gasteiger partial charge in [0.1, 0.15) is 12.6 Å². The third-order valence-electron chi connectivity index (χ3n) is 1.64. The number of carbonyl (C=O) groups is 2. The van der Waals surface area contributed by atoms with Crippen molar-refractivity contribution < 1.29 is 62.4 Å². The molecule has 0 saturated heterocycles. The Kier molecular flexibility index (Phi) is 18.7. The molecule has 0 aromatic heterocycles. The van der Waals surface area contributed by atoms with Gasteiger partial charge in [-0.25, -0.2) is 0 Å². The zero-order valence-corrected chi connectivity index (χ0v) is 11.0. The third kappa shape index (κ3) is 13.6. The van der Waals surface area contributed by atoms with Crippen LogP contribution in [0.25, 0.3) is 0 Å². The van der Waals surface area contributed by atoms with E-state index >= 15 is 0 Å². The van der Waals surface area contributed by atoms with Crippen molar-refractivity contribution in [3.05, 3.63) is 0 Å². The number of carbonyl (C=O) groups excluding carboxylic acids is 2. The van der Waals surface area contributed by atoms with Crippen molar-refractivity contribution in [3.63, 3.8) is 0 Å². The fourth-order valence-electron chi connectivity index (χ4n) is 0.986. The molecule has 0 heterocycles. The van der Waals surface area contributed by atoms with E-state index < -0.39 is 0 Å². The number of unbranched alkanes of at least 4 members (excludes halogenated alkanes) is 6. The van der Waals surface area contributed by atoms with Gasteiger partial charge < -0.3 is 11.0 Å². The van der Waals surface area contributed by atoms with Gasteiger partial charge in [-0.1, -0.05) is 19.3 Å². The Hall–Kier alpha value is 0.976. The van der Waals surface area contributed by atoms with E-state index in [4.69, 9.17) is 0 Å². The molecule has 0 unspecified atom stereocenters. The summed E-state index contributed by atoms with van der Waals surface area (Å²) in [5.41, 5.74) is 0. The fraction of sp³-hybridized carbons (Fsp3) is 0.778. The van der Waals surface area contributed by atoms with Crippen LogP contribution in [0.5, 0.6) is 0 Å². The molecule has 0 aliphatic rings. The van der Waals surface area contributed by atoms with Crippen molar-refractivity contribution in [3.8, 4) is 0 Å². The molecule has 0 amide bonds. The van der Waals surface area contributed by atoms with Crippen LogP contribution in [-0.2, 0) is 9.59 Å². The summed E-state index contributed by atoms with van der Waals surface area (Å²) in [5.74, 6) is 0. The molecular weight excluding hydrogens is 179 g/mol. The van der Waals surface area contributed by atoms with E-state index in [0.29, 0.717) is 12.8 Å². The molecule has 0 N–H and O–H groups in total. The second-order valence-electron chi connectivity index (χ2n) is 2.68. The summed E-state index contributed by atoms with van der Waals surface area (Å²) < 4.78 is 0. The minimum atomic E-state index is 0. The van der Waals surface area contributed by atoms with Crippen LogP contribution in [0.3, 0.4) is 0 Å². The molecule has 0 aliphatic carbocycles. The molecular formula is C9H17KO2. The Balaban J connectivity index is -0.000000500. The maximum absolute atomic E-state index is 9.89. The zero-order valence-electron chi connectivity index (χ0n) is 8.92. The van der Waals surface area contributed by atoms with Crippen LogP contribution in [0, 0.1) is 0 Å². The van der Waals surface area contributed by atoms with Crippen molar-refractivity contribution in [1.82, 2.24) is 0 Å². The molecule has 0 aromatic rings. The van der Waals surface area contributed by atoms with Gasteiger partial charge in [-0.3, -0.25) is 0 Å². The molecule has 0 bridgehead atoms. The predicted molar refractivity (Wildman–Crippen MR) is 45.6 cm³/mol. The van der Waals surface area contributed by atoms with Gasteiger partial charge in [0.05, 0.1) is 0 Å². The number of aldehydes is 2. The van der Waals surface area contributed by atoms with Crippen LogP contribution in [0.2, 0.25) is 0 Å². The monoisotopic (exact) mass is 196 g/mol. The predicted octanol–water partition coefficient (Wildman–Crippen LogP) is -0.769. The minimum absolute atomic E-state index is 0. The Morgan fingerprint density at radius 1 is 0.750 bits per heavy atom. The number of hydrogen-bond acceptors (Lipinski definition) is 2. The molecule has 0 rings (SSSR count). The Bertz CT molecular complexity index is 97.8. The quantitative estimate of drug-likeness (QED) is 0.290. The van der Waals surface area contributed by atoms with Crippen LogP contribution in [0.15, 0.2) is 0 Å². The summed E-state index contributed by atoms with van der Waals surface area (Å²) in [7, 11) is 0. The van der Waals surface area contributed by atoms with Crippen LogP contribution in [0.4, 0.5) is 0 Å². The summed E-state index contributed by atoms with van der Waals surface area (Å²) in [5, 5.41) is 0. The average Bonchev–Trinajstić information content (AvgIpc) is 2.03. The Labute approximate surface area is 118 Å². The van der Waals surface area contributed by atoms with Crippen LogP contribution in [0.1, 0.15) is 46.4 Å². The normalized spacial score (nSPS) is 8.67. The summed E-state index contributed by atoms with van der Waals surface area (Å²) in [6.07, 6.45) is 8.71. The fourth-order valence-corrected chi connectivity index (χ4v) is 0.986. The molecule has 2 nitrogen and oxygen atoms in total. The third-order valence-corrected chi connectivity index (χ3v) is 1.64. The van der Waals surface area contributed by atoms with E-state index in [1.807, 2.05) is 0 Å². The van der Waals surface area contributed by atoms with Gasteiger partial charge in [0.25, 0.3) is 0 Å². The number of rotatable bonds is 8. The summed E-state index contributed by atoms with van der Waals surface area (Å²) in [4.78, 5) is 19.8. The standard InChI is InChI=1S/C9H16O2.K.H/c10-8-6-4-2-1-3-5-7-9-11;;/h8-9H,1-7H2;;/q;+1;-1. The molecule has 0 fully saturated rings. The first-order valence-corrected chi connectivity index (χ1v) is 4.29. The summed E-state index contributed by atoms with van der Waals surface area (Å²) >= 11 is 0. The van der Waals surface area contributed by atoms with E-state index in [9.17, 15) is 9.59 Å². The van der Waals surface area contributed by atoms with Crippen LogP contribution >= 0.6 is 0 Å². The molecule has 0 radical (unpaired) electrons. The van der Waals surface area contributed by atoms with Crippen molar-refractivity contribution in [2.24, 2.45) is 0 Å². The maximum Gasteiger partial charge on any atom is 1.00 e. The smallest absolute Gasteiger partial charge is 1.00 e. The largest absolute Gasteiger partial charge is 1.00 e. The van der Waals surface area contributed by atoms with Crippen molar-refractivity contribution in [2.45, 2.75) is 44.9 Å². The number of hydrogen-bond donors (Lipinski definition) is 0. The minimum Gasteiger partial charge on any atom is -1.00 e. The van der Waals surface area contributed by atoms with E-state index in [0.717, 1.165) is 44.7 Å². The van der Waals surface area contributed by atoms with E-state index in [1.165, 1.54) is 0 Å². The molecule has 0 aromatic carbocycles. The van der Waals surface area contributed by atoms with E-state index in [2.05, 4.69) is 0 Å². The first kappa shape index (κ1) is 15.4. The Morgan fingerprint density at radius 3 is 1.42 bits per heavy atom. The maximum atomic E-state index is 9.89. The van der Waals surface area contributed by atoms with Gasteiger partial charge in [0.2, 0.25) is 0 Å². The summed E-state index contributed by atoms with van der Waals surface area (Å²) in [6.45, 7) is 0. The molecule has 0 spiro atoms. The van der Waals surface area contributed by atoms with Crippen molar-refractivity contribution >= 4 is 12.6 Å². The van der Waals surface area contributed by atoms with Crippen molar-refractivity contribution in [2.75, 3.05) is 0 Å². The second-order valence-corrected chi connectivity index (χ2v) is 2.68. The SMILES string of the molecule is O=CCCCCCCCC=O.[H-].[K+]. The van der Waals surface area contributed by atoms with E-state index in [1.54, 1.807) is 0 Å². The average molecular weight is 196 g/mol. The van der Waals surface area contributed by atoms with Gasteiger partial charge in [-0.15, -0.1) is 0 Å². The molecule has 3 heteroatoms. The molecule has 66 valence electrons. The van der Waals surface area contributed by atoms with Crippen LogP contribution < -0.4 is 51.4 Å². The molecule has 0 atom stereocenters. The molecule has 0 aliphatic heterocycles. The van der Waals surface area contributed by atoms with Gasteiger partial charge in [0, 0.05) is 12.8 Å². The van der Waals surface area contributed by atoms with Crippen LogP contribution in [-0.4, -0.2) is 12.6 Å². The van der Waals surface area contributed by atoms with Crippen molar-refractivity contribution in [1.29, 1.82) is 0 Å². The van der Waals surface area contributed by atoms with Gasteiger partial charge in [0.15, 0.2) is 0 Å². The first-order valence-electron chi connectivity index (χ1n) is 4.29. The topological polar surface area (TPSA) is 34.1 Å². The molecule has 12 heavy (non-hydrogen) atoms. The first-order chi connectivity index (χ1) is 5.41. The van der Waals surface area contributed by atoms with Gasteiger partial charge >= 0.3 is 51.4 Å². The molecule has 0 saturated carbocycles. The zero-order chi connectivity index (χ0) is 8.36. The van der Waals surface area contributed by atoms with Gasteiger partial charge in [-0.2, -0.15) is 0 Å². The second kappa shape index (κ2) is 14.5.